The van der Waals surface area contributed by atoms with Crippen molar-refractivity contribution in [2.75, 3.05) is 25.4 Å². The van der Waals surface area contributed by atoms with Gasteiger partial charge in [0, 0.05) is 26.2 Å². The number of nitrogen functional groups attached to an aromatic ring is 1. The van der Waals surface area contributed by atoms with E-state index in [1.54, 1.807) is 12.1 Å². The van der Waals surface area contributed by atoms with Crippen molar-refractivity contribution in [1.29, 1.82) is 0 Å². The Hall–Kier alpha value is -4.47. The summed E-state index contributed by atoms with van der Waals surface area (Å²) in [5.74, 6) is -0.719. The molecule has 218 valence electrons. The standard InChI is InChI=1S/C33H37N5O4/c1-36-30(39)22-29(34)38(33(36)41)28-15-14-23(21-27(28)32(35)40)9-8-18-37-19-16-26(17-20-37)42-31(24-10-4-2-5-11-24)25-12-6-3-7-13-25/h2-7,10-15,21-22,26,31H,8-9,16-20,34H2,1H3,(H2,35,40). The molecule has 3 aromatic carbocycles. The van der Waals surface area contributed by atoms with E-state index in [4.69, 9.17) is 16.2 Å². The fraction of sp³-hybridized carbons (Fsp3) is 0.303. The molecule has 1 aromatic heterocycles. The molecule has 0 saturated carbocycles. The number of piperidine rings is 1. The summed E-state index contributed by atoms with van der Waals surface area (Å²) >= 11 is 0. The number of amides is 1. The van der Waals surface area contributed by atoms with Crippen molar-refractivity contribution in [3.8, 4) is 5.69 Å². The molecule has 5 rings (SSSR count). The number of benzene rings is 3. The van der Waals surface area contributed by atoms with E-state index in [9.17, 15) is 14.4 Å². The molecule has 2 heterocycles. The van der Waals surface area contributed by atoms with Crippen LogP contribution >= 0.6 is 0 Å². The summed E-state index contributed by atoms with van der Waals surface area (Å²) in [4.78, 5) is 39.4. The molecule has 0 bridgehead atoms. The van der Waals surface area contributed by atoms with E-state index in [1.165, 1.54) is 7.05 Å². The van der Waals surface area contributed by atoms with E-state index in [0.29, 0.717) is 0 Å². The van der Waals surface area contributed by atoms with Gasteiger partial charge in [-0.25, -0.2) is 9.36 Å². The minimum absolute atomic E-state index is 0.0513. The van der Waals surface area contributed by atoms with Gasteiger partial charge in [-0.1, -0.05) is 66.7 Å². The van der Waals surface area contributed by atoms with Crippen LogP contribution in [0.5, 0.6) is 0 Å². The molecule has 9 heteroatoms. The van der Waals surface area contributed by atoms with Crippen molar-refractivity contribution in [3.63, 3.8) is 0 Å². The Labute approximate surface area is 245 Å². The molecule has 1 fully saturated rings. The molecular formula is C33H37N5O4. The van der Waals surface area contributed by atoms with Gasteiger partial charge >= 0.3 is 5.69 Å². The highest BCUT2D eigenvalue weighted by molar-refractivity contribution is 5.97. The Balaban J connectivity index is 1.18. The first-order valence-corrected chi connectivity index (χ1v) is 14.3. The molecule has 0 atom stereocenters. The summed E-state index contributed by atoms with van der Waals surface area (Å²) < 4.78 is 8.75. The van der Waals surface area contributed by atoms with Gasteiger partial charge in [0.25, 0.3) is 11.5 Å². The molecule has 4 N–H and O–H groups in total. The third kappa shape index (κ3) is 6.53. The van der Waals surface area contributed by atoms with Crippen LogP contribution in [0.15, 0.2) is 94.5 Å². The van der Waals surface area contributed by atoms with E-state index in [0.717, 1.165) is 77.2 Å². The highest BCUT2D eigenvalue weighted by atomic mass is 16.5. The molecule has 0 unspecified atom stereocenters. The number of nitrogens with two attached hydrogens (primary N) is 2. The highest BCUT2D eigenvalue weighted by Gasteiger charge is 2.25. The summed E-state index contributed by atoms with van der Waals surface area (Å²) in [5.41, 5.74) is 14.2. The van der Waals surface area contributed by atoms with Crippen LogP contribution in [0.3, 0.4) is 0 Å². The van der Waals surface area contributed by atoms with Crippen LogP contribution < -0.4 is 22.7 Å². The van der Waals surface area contributed by atoms with Crippen LogP contribution in [-0.4, -0.2) is 45.7 Å². The average molecular weight is 568 g/mol. The number of carbonyl (C=O) groups excluding carboxylic acids is 1. The smallest absolute Gasteiger partial charge is 0.336 e. The van der Waals surface area contributed by atoms with Crippen molar-refractivity contribution in [3.05, 3.63) is 128 Å². The molecule has 4 aromatic rings. The van der Waals surface area contributed by atoms with Crippen molar-refractivity contribution in [1.82, 2.24) is 14.0 Å². The lowest BCUT2D eigenvalue weighted by molar-refractivity contribution is -0.0270. The lowest BCUT2D eigenvalue weighted by Crippen LogP contribution is -2.38. The maximum absolute atomic E-state index is 12.7. The molecule has 0 spiro atoms. The number of likely N-dealkylation sites (tertiary alicyclic amines) is 1. The van der Waals surface area contributed by atoms with Gasteiger partial charge in [-0.3, -0.25) is 14.2 Å². The van der Waals surface area contributed by atoms with E-state index in [1.807, 2.05) is 18.2 Å². The molecule has 1 amide bonds. The van der Waals surface area contributed by atoms with E-state index in [-0.39, 0.29) is 29.3 Å². The predicted octanol–water partition coefficient (Wildman–Crippen LogP) is 3.42. The van der Waals surface area contributed by atoms with Crippen molar-refractivity contribution < 1.29 is 9.53 Å². The van der Waals surface area contributed by atoms with Gasteiger partial charge < -0.3 is 21.1 Å². The monoisotopic (exact) mass is 567 g/mol. The van der Waals surface area contributed by atoms with Gasteiger partial charge in [0.15, 0.2) is 0 Å². The second-order valence-corrected chi connectivity index (χ2v) is 10.8. The quantitative estimate of drug-likeness (QED) is 0.303. The summed E-state index contributed by atoms with van der Waals surface area (Å²) in [6, 6.07) is 27.1. The van der Waals surface area contributed by atoms with Crippen LogP contribution in [0.2, 0.25) is 0 Å². The van der Waals surface area contributed by atoms with Gasteiger partial charge in [-0.05, 0) is 61.1 Å². The van der Waals surface area contributed by atoms with Crippen LogP contribution in [0.25, 0.3) is 5.69 Å². The van der Waals surface area contributed by atoms with E-state index in [2.05, 4.69) is 53.4 Å². The summed E-state index contributed by atoms with van der Waals surface area (Å²) in [7, 11) is 1.36. The van der Waals surface area contributed by atoms with Crippen molar-refractivity contribution in [2.45, 2.75) is 37.9 Å². The normalized spacial score (nSPS) is 14.3. The van der Waals surface area contributed by atoms with E-state index >= 15 is 0 Å². The third-order valence-electron chi connectivity index (χ3n) is 7.91. The van der Waals surface area contributed by atoms with Crippen LogP contribution in [-0.2, 0) is 18.2 Å². The third-order valence-corrected chi connectivity index (χ3v) is 7.91. The first kappa shape index (κ1) is 29.0. The first-order chi connectivity index (χ1) is 20.3. The number of primary amides is 1. The zero-order chi connectivity index (χ0) is 29.6. The maximum atomic E-state index is 12.7. The lowest BCUT2D eigenvalue weighted by Gasteiger charge is -2.34. The minimum Gasteiger partial charge on any atom is -0.385 e. The number of ether oxygens (including phenoxy) is 1. The molecule has 1 aliphatic rings. The summed E-state index contributed by atoms with van der Waals surface area (Å²) in [6.07, 6.45) is 3.68. The fourth-order valence-electron chi connectivity index (χ4n) is 5.59. The van der Waals surface area contributed by atoms with E-state index < -0.39 is 17.2 Å². The maximum Gasteiger partial charge on any atom is 0.336 e. The molecule has 1 aliphatic heterocycles. The van der Waals surface area contributed by atoms with Crippen LogP contribution in [0.1, 0.15) is 52.4 Å². The average Bonchev–Trinajstić information content (AvgIpc) is 3.01. The largest absolute Gasteiger partial charge is 0.385 e. The van der Waals surface area contributed by atoms with Crippen molar-refractivity contribution in [2.24, 2.45) is 12.8 Å². The molecule has 0 radical (unpaired) electrons. The highest BCUT2D eigenvalue weighted by Crippen LogP contribution is 2.30. The number of hydrogen-bond acceptors (Lipinski definition) is 6. The second kappa shape index (κ2) is 13.0. The molecule has 9 nitrogen and oxygen atoms in total. The lowest BCUT2D eigenvalue weighted by atomic mass is 10.00. The number of rotatable bonds is 10. The van der Waals surface area contributed by atoms with Gasteiger partial charge in [0.1, 0.15) is 11.9 Å². The number of hydrogen-bond donors (Lipinski definition) is 2. The van der Waals surface area contributed by atoms with Gasteiger partial charge in [0.2, 0.25) is 0 Å². The van der Waals surface area contributed by atoms with Crippen LogP contribution in [0, 0.1) is 0 Å². The van der Waals surface area contributed by atoms with Gasteiger partial charge in [-0.15, -0.1) is 0 Å². The number of nitrogens with zero attached hydrogens (tertiary/aromatic N) is 3. The fourth-order valence-corrected chi connectivity index (χ4v) is 5.59. The number of carbonyl (C=O) groups is 1. The zero-order valence-electron chi connectivity index (χ0n) is 23.8. The minimum atomic E-state index is -0.668. The van der Waals surface area contributed by atoms with Gasteiger partial charge in [0.05, 0.1) is 17.4 Å². The topological polar surface area (TPSA) is 126 Å². The molecule has 1 saturated heterocycles. The number of aromatic nitrogens is 2. The SMILES string of the molecule is Cn1c(=O)cc(N)n(-c2ccc(CCCN3CCC(OC(c4ccccc4)c4ccccc4)CC3)cc2C(N)=O)c1=O. The molecule has 42 heavy (non-hydrogen) atoms. The summed E-state index contributed by atoms with van der Waals surface area (Å²) in [6.45, 7) is 2.84. The Bertz CT molecular complexity index is 1600. The zero-order valence-corrected chi connectivity index (χ0v) is 23.8. The Morgan fingerprint density at radius 3 is 2.14 bits per heavy atom. The molecule has 0 aliphatic carbocycles. The second-order valence-electron chi connectivity index (χ2n) is 10.8. The van der Waals surface area contributed by atoms with Gasteiger partial charge in [-0.2, -0.15) is 0 Å². The predicted molar refractivity (Wildman–Crippen MR) is 164 cm³/mol. The summed E-state index contributed by atoms with van der Waals surface area (Å²) in [5, 5.41) is 0. The number of anilines is 1. The Morgan fingerprint density at radius 2 is 1.55 bits per heavy atom. The Kier molecular flexibility index (Phi) is 9.00. The van der Waals surface area contributed by atoms with Crippen LogP contribution in [0.4, 0.5) is 5.82 Å². The van der Waals surface area contributed by atoms with Crippen molar-refractivity contribution >= 4 is 11.7 Å². The Morgan fingerprint density at radius 1 is 0.929 bits per heavy atom. The first-order valence-electron chi connectivity index (χ1n) is 14.3. The number of aryl methyl sites for hydroxylation is 1. The molecular weight excluding hydrogens is 530 g/mol.